The first kappa shape index (κ1) is 12.6. The summed E-state index contributed by atoms with van der Waals surface area (Å²) in [6, 6.07) is 9.77. The predicted octanol–water partition coefficient (Wildman–Crippen LogP) is 0.966. The summed E-state index contributed by atoms with van der Waals surface area (Å²) in [5.41, 5.74) is 1.01. The number of amides is 2. The van der Waals surface area contributed by atoms with Gasteiger partial charge in [0.25, 0.3) is 0 Å². The molecule has 4 nitrogen and oxygen atoms in total. The Morgan fingerprint density at radius 1 is 1.33 bits per heavy atom. The fraction of sp³-hybridized carbons (Fsp3) is 0.429. The van der Waals surface area contributed by atoms with Crippen molar-refractivity contribution in [2.75, 3.05) is 13.1 Å². The van der Waals surface area contributed by atoms with Crippen molar-refractivity contribution in [2.24, 2.45) is 0 Å². The quantitative estimate of drug-likeness (QED) is 0.864. The fourth-order valence-corrected chi connectivity index (χ4v) is 2.22. The Labute approximate surface area is 107 Å². The Morgan fingerprint density at radius 2 is 2.06 bits per heavy atom. The van der Waals surface area contributed by atoms with Gasteiger partial charge >= 0.3 is 0 Å². The van der Waals surface area contributed by atoms with Crippen molar-refractivity contribution in [1.29, 1.82) is 0 Å². The van der Waals surface area contributed by atoms with E-state index in [9.17, 15) is 9.59 Å². The van der Waals surface area contributed by atoms with Crippen LogP contribution < -0.4 is 5.32 Å². The molecular weight excluding hydrogens is 228 g/mol. The Hall–Kier alpha value is -1.84. The first-order chi connectivity index (χ1) is 8.65. The monoisotopic (exact) mass is 246 g/mol. The van der Waals surface area contributed by atoms with Crippen molar-refractivity contribution in [3.05, 3.63) is 35.9 Å². The molecule has 0 spiro atoms. The third kappa shape index (κ3) is 3.32. The first-order valence-corrected chi connectivity index (χ1v) is 6.24. The maximum atomic E-state index is 11.8. The van der Waals surface area contributed by atoms with Crippen LogP contribution in [-0.4, -0.2) is 35.8 Å². The smallest absolute Gasteiger partial charge is 0.224 e. The first-order valence-electron chi connectivity index (χ1n) is 6.24. The van der Waals surface area contributed by atoms with Crippen molar-refractivity contribution in [2.45, 2.75) is 25.8 Å². The summed E-state index contributed by atoms with van der Waals surface area (Å²) in [6.07, 6.45) is 1.25. The van der Waals surface area contributed by atoms with Crippen LogP contribution in [0.3, 0.4) is 0 Å². The lowest BCUT2D eigenvalue weighted by Crippen LogP contribution is -2.38. The second kappa shape index (κ2) is 5.67. The van der Waals surface area contributed by atoms with Gasteiger partial charge in [0.15, 0.2) is 0 Å². The van der Waals surface area contributed by atoms with Gasteiger partial charge in [-0.25, -0.2) is 0 Å². The summed E-state index contributed by atoms with van der Waals surface area (Å²) in [7, 11) is 0. The number of benzene rings is 1. The second-order valence-corrected chi connectivity index (χ2v) is 4.68. The summed E-state index contributed by atoms with van der Waals surface area (Å²) in [5, 5.41) is 2.98. The van der Waals surface area contributed by atoms with Gasteiger partial charge in [0.1, 0.15) is 0 Å². The molecule has 1 unspecified atom stereocenters. The minimum absolute atomic E-state index is 0.0246. The largest absolute Gasteiger partial charge is 0.351 e. The second-order valence-electron chi connectivity index (χ2n) is 4.68. The number of nitrogens with zero attached hydrogens (tertiary/aromatic N) is 1. The Kier molecular flexibility index (Phi) is 3.97. The standard InChI is InChI=1S/C14H18N2O2/c1-11(17)16-8-7-13(10-16)15-14(18)9-12-5-3-2-4-6-12/h2-6,13H,7-10H2,1H3,(H,15,18). The van der Waals surface area contributed by atoms with Crippen molar-refractivity contribution in [1.82, 2.24) is 10.2 Å². The van der Waals surface area contributed by atoms with Crippen molar-refractivity contribution in [3.8, 4) is 0 Å². The molecule has 18 heavy (non-hydrogen) atoms. The Bertz CT molecular complexity index is 431. The zero-order valence-corrected chi connectivity index (χ0v) is 10.6. The number of carbonyl (C=O) groups excluding carboxylic acids is 2. The summed E-state index contributed by atoms with van der Waals surface area (Å²) in [4.78, 5) is 24.8. The summed E-state index contributed by atoms with van der Waals surface area (Å²) in [6.45, 7) is 2.94. The van der Waals surface area contributed by atoms with Gasteiger partial charge in [-0.3, -0.25) is 9.59 Å². The third-order valence-corrected chi connectivity index (χ3v) is 3.21. The van der Waals surface area contributed by atoms with Crippen LogP contribution in [0.2, 0.25) is 0 Å². The lowest BCUT2D eigenvalue weighted by atomic mass is 10.1. The Balaban J connectivity index is 1.80. The fourth-order valence-electron chi connectivity index (χ4n) is 2.22. The van der Waals surface area contributed by atoms with Crippen LogP contribution in [0.5, 0.6) is 0 Å². The topological polar surface area (TPSA) is 49.4 Å². The number of nitrogens with one attached hydrogen (secondary N) is 1. The van der Waals surface area contributed by atoms with Crippen molar-refractivity contribution in [3.63, 3.8) is 0 Å². The molecule has 1 heterocycles. The molecule has 1 saturated heterocycles. The number of hydrogen-bond acceptors (Lipinski definition) is 2. The summed E-state index contributed by atoms with van der Waals surface area (Å²) in [5.74, 6) is 0.103. The van der Waals surface area contributed by atoms with Crippen LogP contribution in [0, 0.1) is 0 Å². The van der Waals surface area contributed by atoms with E-state index in [4.69, 9.17) is 0 Å². The molecule has 0 aromatic heterocycles. The average molecular weight is 246 g/mol. The maximum Gasteiger partial charge on any atom is 0.224 e. The van der Waals surface area contributed by atoms with Gasteiger partial charge in [0, 0.05) is 26.1 Å². The number of hydrogen-bond donors (Lipinski definition) is 1. The van der Waals surface area contributed by atoms with Gasteiger partial charge in [-0.05, 0) is 12.0 Å². The van der Waals surface area contributed by atoms with E-state index in [0.29, 0.717) is 13.0 Å². The molecule has 0 aliphatic carbocycles. The summed E-state index contributed by atoms with van der Waals surface area (Å²) >= 11 is 0. The SMILES string of the molecule is CC(=O)N1CCC(NC(=O)Cc2ccccc2)C1. The predicted molar refractivity (Wildman–Crippen MR) is 68.9 cm³/mol. The van der Waals surface area contributed by atoms with E-state index in [2.05, 4.69) is 5.32 Å². The molecule has 1 aromatic carbocycles. The highest BCUT2D eigenvalue weighted by atomic mass is 16.2. The highest BCUT2D eigenvalue weighted by molar-refractivity contribution is 5.79. The normalized spacial score (nSPS) is 18.7. The Morgan fingerprint density at radius 3 is 2.67 bits per heavy atom. The zero-order valence-electron chi connectivity index (χ0n) is 10.6. The highest BCUT2D eigenvalue weighted by Gasteiger charge is 2.25. The van der Waals surface area contributed by atoms with Crippen LogP contribution in [0.25, 0.3) is 0 Å². The number of carbonyl (C=O) groups is 2. The molecular formula is C14H18N2O2. The van der Waals surface area contributed by atoms with E-state index in [0.717, 1.165) is 18.5 Å². The highest BCUT2D eigenvalue weighted by Crippen LogP contribution is 2.09. The molecule has 2 rings (SSSR count). The molecule has 0 bridgehead atoms. The number of rotatable bonds is 3. The van der Waals surface area contributed by atoms with E-state index >= 15 is 0 Å². The molecule has 0 radical (unpaired) electrons. The molecule has 0 saturated carbocycles. The molecule has 4 heteroatoms. The third-order valence-electron chi connectivity index (χ3n) is 3.21. The van der Waals surface area contributed by atoms with Gasteiger partial charge in [-0.2, -0.15) is 0 Å². The molecule has 1 aliphatic heterocycles. The van der Waals surface area contributed by atoms with Gasteiger partial charge in [-0.1, -0.05) is 30.3 Å². The van der Waals surface area contributed by atoms with Gasteiger partial charge in [-0.15, -0.1) is 0 Å². The average Bonchev–Trinajstić information content (AvgIpc) is 2.78. The minimum Gasteiger partial charge on any atom is -0.351 e. The molecule has 2 amide bonds. The molecule has 96 valence electrons. The van der Waals surface area contributed by atoms with E-state index in [1.807, 2.05) is 30.3 Å². The molecule has 1 N–H and O–H groups in total. The molecule has 1 fully saturated rings. The van der Waals surface area contributed by atoms with Gasteiger partial charge in [0.05, 0.1) is 6.42 Å². The van der Waals surface area contributed by atoms with Gasteiger partial charge < -0.3 is 10.2 Å². The van der Waals surface area contributed by atoms with Crippen LogP contribution in [0.1, 0.15) is 18.9 Å². The zero-order chi connectivity index (χ0) is 13.0. The van der Waals surface area contributed by atoms with E-state index < -0.39 is 0 Å². The lowest BCUT2D eigenvalue weighted by molar-refractivity contribution is -0.128. The van der Waals surface area contributed by atoms with E-state index in [1.54, 1.807) is 11.8 Å². The minimum atomic E-state index is 0.0246. The van der Waals surface area contributed by atoms with Crippen LogP contribution in [-0.2, 0) is 16.0 Å². The maximum absolute atomic E-state index is 11.8. The lowest BCUT2D eigenvalue weighted by Gasteiger charge is -2.15. The molecule has 1 atom stereocenters. The van der Waals surface area contributed by atoms with Crippen LogP contribution in [0.15, 0.2) is 30.3 Å². The molecule has 1 aromatic rings. The van der Waals surface area contributed by atoms with Crippen LogP contribution in [0.4, 0.5) is 0 Å². The van der Waals surface area contributed by atoms with Crippen molar-refractivity contribution >= 4 is 11.8 Å². The summed E-state index contributed by atoms with van der Waals surface area (Å²) < 4.78 is 0. The molecule has 1 aliphatic rings. The van der Waals surface area contributed by atoms with Crippen molar-refractivity contribution < 1.29 is 9.59 Å². The van der Waals surface area contributed by atoms with Crippen LogP contribution >= 0.6 is 0 Å². The van der Waals surface area contributed by atoms with E-state index in [1.165, 1.54) is 0 Å². The van der Waals surface area contributed by atoms with Gasteiger partial charge in [0.2, 0.25) is 11.8 Å². The van der Waals surface area contributed by atoms with E-state index in [-0.39, 0.29) is 17.9 Å². The number of likely N-dealkylation sites (tertiary alicyclic amines) is 1.